The van der Waals surface area contributed by atoms with Crippen molar-refractivity contribution in [2.45, 2.75) is 19.9 Å². The van der Waals surface area contributed by atoms with Crippen molar-refractivity contribution < 1.29 is 0 Å². The smallest absolute Gasteiger partial charge is 0.139 e. The average Bonchev–Trinajstić information content (AvgIpc) is 2.73. The van der Waals surface area contributed by atoms with Gasteiger partial charge in [-0.3, -0.25) is 0 Å². The van der Waals surface area contributed by atoms with Gasteiger partial charge in [0.15, 0.2) is 0 Å². The van der Waals surface area contributed by atoms with E-state index in [4.69, 9.17) is 5.73 Å². The summed E-state index contributed by atoms with van der Waals surface area (Å²) in [5.74, 6) is 0.578. The lowest BCUT2D eigenvalue weighted by atomic mass is 10.1. The van der Waals surface area contributed by atoms with Gasteiger partial charge in [0.25, 0.3) is 0 Å². The SMILES string of the molecule is CCc1ccc(CNc2cc(N)ns2)cc1. The van der Waals surface area contributed by atoms with E-state index in [1.807, 2.05) is 6.07 Å². The van der Waals surface area contributed by atoms with E-state index < -0.39 is 0 Å². The molecular weight excluding hydrogens is 218 g/mol. The number of aromatic nitrogens is 1. The molecule has 0 saturated heterocycles. The van der Waals surface area contributed by atoms with Gasteiger partial charge in [-0.1, -0.05) is 31.2 Å². The Kier molecular flexibility index (Phi) is 3.41. The van der Waals surface area contributed by atoms with Crippen molar-refractivity contribution in [2.75, 3.05) is 11.1 Å². The summed E-state index contributed by atoms with van der Waals surface area (Å²) in [5, 5.41) is 4.31. The van der Waals surface area contributed by atoms with Gasteiger partial charge in [0.2, 0.25) is 0 Å². The number of hydrogen-bond acceptors (Lipinski definition) is 4. The van der Waals surface area contributed by atoms with E-state index in [9.17, 15) is 0 Å². The quantitative estimate of drug-likeness (QED) is 0.853. The van der Waals surface area contributed by atoms with Crippen LogP contribution >= 0.6 is 11.5 Å². The molecule has 2 aromatic rings. The number of benzene rings is 1. The first-order valence-corrected chi connectivity index (χ1v) is 6.09. The molecule has 0 amide bonds. The fourth-order valence-corrected chi connectivity index (χ4v) is 2.02. The van der Waals surface area contributed by atoms with Crippen LogP contribution in [0, 0.1) is 0 Å². The highest BCUT2D eigenvalue weighted by Gasteiger charge is 1.98. The molecule has 1 aromatic carbocycles. The van der Waals surface area contributed by atoms with Crippen LogP contribution in [-0.2, 0) is 13.0 Å². The number of nitrogens with zero attached hydrogens (tertiary/aromatic N) is 1. The standard InChI is InChI=1S/C12H15N3S/c1-2-9-3-5-10(6-4-9)8-14-12-7-11(13)15-16-12/h3-7,14H,2,8H2,1H3,(H2,13,15). The number of nitrogens with one attached hydrogen (secondary N) is 1. The van der Waals surface area contributed by atoms with Crippen molar-refractivity contribution in [3.8, 4) is 0 Å². The Morgan fingerprint density at radius 1 is 1.25 bits per heavy atom. The number of nitrogen functional groups attached to an aromatic ring is 1. The molecule has 0 aliphatic carbocycles. The average molecular weight is 233 g/mol. The molecule has 0 bridgehead atoms. The normalized spacial score (nSPS) is 10.3. The Hall–Kier alpha value is -1.55. The molecule has 0 saturated carbocycles. The summed E-state index contributed by atoms with van der Waals surface area (Å²) in [5.41, 5.74) is 8.18. The summed E-state index contributed by atoms with van der Waals surface area (Å²) in [6.07, 6.45) is 1.08. The van der Waals surface area contributed by atoms with Gasteiger partial charge in [-0.2, -0.15) is 4.37 Å². The van der Waals surface area contributed by atoms with Gasteiger partial charge in [0.05, 0.1) is 0 Å². The van der Waals surface area contributed by atoms with Crippen LogP contribution < -0.4 is 11.1 Å². The van der Waals surface area contributed by atoms with E-state index in [1.54, 1.807) is 0 Å². The van der Waals surface area contributed by atoms with Crippen LogP contribution in [0.2, 0.25) is 0 Å². The first kappa shape index (κ1) is 11.0. The highest BCUT2D eigenvalue weighted by Crippen LogP contribution is 2.18. The van der Waals surface area contributed by atoms with E-state index in [1.165, 1.54) is 22.7 Å². The molecule has 4 heteroatoms. The number of aryl methyl sites for hydroxylation is 1. The zero-order valence-electron chi connectivity index (χ0n) is 9.23. The summed E-state index contributed by atoms with van der Waals surface area (Å²) < 4.78 is 4.01. The van der Waals surface area contributed by atoms with E-state index in [-0.39, 0.29) is 0 Å². The number of anilines is 2. The van der Waals surface area contributed by atoms with Gasteiger partial charge in [0.1, 0.15) is 10.8 Å². The third kappa shape index (κ3) is 2.73. The van der Waals surface area contributed by atoms with Crippen LogP contribution in [0.3, 0.4) is 0 Å². The minimum absolute atomic E-state index is 0.578. The summed E-state index contributed by atoms with van der Waals surface area (Å²) in [7, 11) is 0. The molecular formula is C12H15N3S. The van der Waals surface area contributed by atoms with Crippen LogP contribution in [0.1, 0.15) is 18.1 Å². The monoisotopic (exact) mass is 233 g/mol. The molecule has 0 aliphatic heterocycles. The second-order valence-corrected chi connectivity index (χ2v) is 4.44. The van der Waals surface area contributed by atoms with E-state index >= 15 is 0 Å². The van der Waals surface area contributed by atoms with Crippen molar-refractivity contribution in [1.82, 2.24) is 4.37 Å². The molecule has 0 spiro atoms. The first-order valence-electron chi connectivity index (χ1n) is 5.32. The lowest BCUT2D eigenvalue weighted by molar-refractivity contribution is 1.11. The van der Waals surface area contributed by atoms with Crippen LogP contribution in [0.25, 0.3) is 0 Å². The molecule has 0 fully saturated rings. The second kappa shape index (κ2) is 4.99. The van der Waals surface area contributed by atoms with Gasteiger partial charge in [-0.15, -0.1) is 0 Å². The molecule has 0 unspecified atom stereocenters. The Morgan fingerprint density at radius 2 is 1.94 bits per heavy atom. The maximum absolute atomic E-state index is 5.54. The lowest BCUT2D eigenvalue weighted by Crippen LogP contribution is -1.97. The zero-order valence-corrected chi connectivity index (χ0v) is 10.1. The van der Waals surface area contributed by atoms with Gasteiger partial charge >= 0.3 is 0 Å². The Balaban J connectivity index is 1.94. The number of hydrogen-bond donors (Lipinski definition) is 2. The molecule has 1 heterocycles. The molecule has 16 heavy (non-hydrogen) atoms. The van der Waals surface area contributed by atoms with Crippen LogP contribution in [0.15, 0.2) is 30.3 Å². The lowest BCUT2D eigenvalue weighted by Gasteiger charge is -2.04. The summed E-state index contributed by atoms with van der Waals surface area (Å²) in [6.45, 7) is 2.97. The van der Waals surface area contributed by atoms with Crippen LogP contribution in [0.5, 0.6) is 0 Å². The van der Waals surface area contributed by atoms with Gasteiger partial charge in [-0.05, 0) is 29.1 Å². The van der Waals surface area contributed by atoms with Crippen LogP contribution in [0.4, 0.5) is 10.8 Å². The molecule has 3 N–H and O–H groups in total. The summed E-state index contributed by atoms with van der Waals surface area (Å²) in [4.78, 5) is 0. The van der Waals surface area contributed by atoms with Crippen LogP contribution in [-0.4, -0.2) is 4.37 Å². The molecule has 84 valence electrons. The first-order chi connectivity index (χ1) is 7.78. The van der Waals surface area contributed by atoms with Crippen molar-refractivity contribution in [2.24, 2.45) is 0 Å². The van der Waals surface area contributed by atoms with Crippen molar-refractivity contribution in [1.29, 1.82) is 0 Å². The Bertz CT molecular complexity index is 448. The molecule has 3 nitrogen and oxygen atoms in total. The Labute approximate surface area is 99.5 Å². The third-order valence-electron chi connectivity index (χ3n) is 2.43. The number of nitrogens with two attached hydrogens (primary N) is 1. The Morgan fingerprint density at radius 3 is 2.50 bits per heavy atom. The third-order valence-corrected chi connectivity index (χ3v) is 3.19. The maximum atomic E-state index is 5.54. The van der Waals surface area contributed by atoms with Gasteiger partial charge in [-0.25, -0.2) is 0 Å². The minimum atomic E-state index is 0.578. The molecule has 0 aliphatic rings. The highest BCUT2D eigenvalue weighted by molar-refractivity contribution is 7.10. The zero-order chi connectivity index (χ0) is 11.4. The maximum Gasteiger partial charge on any atom is 0.139 e. The summed E-state index contributed by atoms with van der Waals surface area (Å²) in [6, 6.07) is 10.5. The van der Waals surface area contributed by atoms with Crippen molar-refractivity contribution >= 4 is 22.4 Å². The van der Waals surface area contributed by atoms with E-state index in [0.29, 0.717) is 5.82 Å². The number of rotatable bonds is 4. The largest absolute Gasteiger partial charge is 0.383 e. The summed E-state index contributed by atoms with van der Waals surface area (Å²) >= 11 is 1.39. The molecule has 1 aromatic heterocycles. The van der Waals surface area contributed by atoms with E-state index in [0.717, 1.165) is 18.0 Å². The molecule has 0 atom stereocenters. The fraction of sp³-hybridized carbons (Fsp3) is 0.250. The fourth-order valence-electron chi connectivity index (χ4n) is 1.45. The van der Waals surface area contributed by atoms with Gasteiger partial charge < -0.3 is 11.1 Å². The minimum Gasteiger partial charge on any atom is -0.383 e. The van der Waals surface area contributed by atoms with Crippen molar-refractivity contribution in [3.05, 3.63) is 41.5 Å². The predicted molar refractivity (Wildman–Crippen MR) is 69.7 cm³/mol. The highest BCUT2D eigenvalue weighted by atomic mass is 32.1. The predicted octanol–water partition coefficient (Wildman–Crippen LogP) is 2.90. The second-order valence-electron chi connectivity index (χ2n) is 3.64. The van der Waals surface area contributed by atoms with Crippen molar-refractivity contribution in [3.63, 3.8) is 0 Å². The molecule has 2 rings (SSSR count). The molecule has 0 radical (unpaired) electrons. The van der Waals surface area contributed by atoms with E-state index in [2.05, 4.69) is 40.9 Å². The van der Waals surface area contributed by atoms with Gasteiger partial charge in [0, 0.05) is 12.6 Å². The topological polar surface area (TPSA) is 50.9 Å².